The van der Waals surface area contributed by atoms with Gasteiger partial charge < -0.3 is 16.2 Å². The molecule has 6 nitrogen and oxygen atoms in total. The van der Waals surface area contributed by atoms with E-state index in [2.05, 4.69) is 10.2 Å². The highest BCUT2D eigenvalue weighted by Crippen LogP contribution is 2.37. The van der Waals surface area contributed by atoms with Gasteiger partial charge >= 0.3 is 0 Å². The largest absolute Gasteiger partial charge is 0.393 e. The third-order valence-electron chi connectivity index (χ3n) is 4.45. The third kappa shape index (κ3) is 2.95. The summed E-state index contributed by atoms with van der Waals surface area (Å²) in [6.07, 6.45) is 1.70. The standard InChI is InChI=1S/C14H19N3O3S/c15-13(20)9-3-4-21-14(9)16-12(19)7-17-5-8-1-2-11(18)10(8)6-17/h3-4,8,10-11,18H,1-2,5-7H2,(H2,15,20)(H,16,19). The molecule has 0 bridgehead atoms. The molecule has 1 aromatic rings. The lowest BCUT2D eigenvalue weighted by Crippen LogP contribution is -2.33. The van der Waals surface area contributed by atoms with Gasteiger partial charge in [-0.1, -0.05) is 0 Å². The molecule has 4 N–H and O–H groups in total. The Balaban J connectivity index is 1.55. The van der Waals surface area contributed by atoms with E-state index in [0.717, 1.165) is 25.9 Å². The molecular formula is C14H19N3O3S. The van der Waals surface area contributed by atoms with Gasteiger partial charge in [-0.15, -0.1) is 11.3 Å². The quantitative estimate of drug-likeness (QED) is 0.754. The van der Waals surface area contributed by atoms with Crippen molar-refractivity contribution in [2.75, 3.05) is 25.0 Å². The molecule has 21 heavy (non-hydrogen) atoms. The molecule has 7 heteroatoms. The lowest BCUT2D eigenvalue weighted by molar-refractivity contribution is -0.117. The van der Waals surface area contributed by atoms with Crippen molar-refractivity contribution in [3.8, 4) is 0 Å². The maximum Gasteiger partial charge on any atom is 0.251 e. The van der Waals surface area contributed by atoms with Crippen LogP contribution in [0.25, 0.3) is 0 Å². The number of nitrogens with two attached hydrogens (primary N) is 1. The van der Waals surface area contributed by atoms with E-state index in [1.807, 2.05) is 0 Å². The molecule has 1 aliphatic heterocycles. The van der Waals surface area contributed by atoms with Crippen molar-refractivity contribution in [2.24, 2.45) is 17.6 Å². The van der Waals surface area contributed by atoms with E-state index in [1.165, 1.54) is 11.3 Å². The first kappa shape index (κ1) is 14.5. The molecule has 1 saturated heterocycles. The Morgan fingerprint density at radius 3 is 2.95 bits per heavy atom. The number of carbonyl (C=O) groups excluding carboxylic acids is 2. The maximum absolute atomic E-state index is 12.1. The van der Waals surface area contributed by atoms with Crippen LogP contribution in [-0.2, 0) is 4.79 Å². The van der Waals surface area contributed by atoms with Crippen LogP contribution < -0.4 is 11.1 Å². The summed E-state index contributed by atoms with van der Waals surface area (Å²) in [5.74, 6) is 0.135. The van der Waals surface area contributed by atoms with Crippen molar-refractivity contribution >= 4 is 28.2 Å². The van der Waals surface area contributed by atoms with Gasteiger partial charge in [0.05, 0.1) is 18.2 Å². The number of nitrogens with zero attached hydrogens (tertiary/aromatic N) is 1. The summed E-state index contributed by atoms with van der Waals surface area (Å²) in [5.41, 5.74) is 5.60. The van der Waals surface area contributed by atoms with Gasteiger partial charge in [0.15, 0.2) is 0 Å². The fraction of sp³-hybridized carbons (Fsp3) is 0.571. The predicted molar refractivity (Wildman–Crippen MR) is 80.1 cm³/mol. The number of nitrogens with one attached hydrogen (secondary N) is 1. The van der Waals surface area contributed by atoms with Gasteiger partial charge in [0.25, 0.3) is 5.91 Å². The van der Waals surface area contributed by atoms with E-state index in [0.29, 0.717) is 22.4 Å². The zero-order valence-electron chi connectivity index (χ0n) is 11.6. The van der Waals surface area contributed by atoms with E-state index < -0.39 is 5.91 Å². The summed E-state index contributed by atoms with van der Waals surface area (Å²) in [7, 11) is 0. The van der Waals surface area contributed by atoms with Crippen molar-refractivity contribution in [2.45, 2.75) is 18.9 Å². The second kappa shape index (κ2) is 5.75. The molecule has 3 rings (SSSR count). The summed E-state index contributed by atoms with van der Waals surface area (Å²) in [4.78, 5) is 25.4. The van der Waals surface area contributed by atoms with Crippen LogP contribution in [-0.4, -0.2) is 47.6 Å². The van der Waals surface area contributed by atoms with Gasteiger partial charge in [-0.25, -0.2) is 0 Å². The number of anilines is 1. The van der Waals surface area contributed by atoms with Crippen LogP contribution in [0.3, 0.4) is 0 Å². The van der Waals surface area contributed by atoms with Crippen LogP contribution in [0.15, 0.2) is 11.4 Å². The van der Waals surface area contributed by atoms with Crippen LogP contribution in [0.5, 0.6) is 0 Å². The second-order valence-corrected chi connectivity index (χ2v) is 6.75. The van der Waals surface area contributed by atoms with Crippen LogP contribution >= 0.6 is 11.3 Å². The topological polar surface area (TPSA) is 95.7 Å². The summed E-state index contributed by atoms with van der Waals surface area (Å²) >= 11 is 1.29. The number of thiophene rings is 1. The average Bonchev–Trinajstić information content (AvgIpc) is 3.08. The Labute approximate surface area is 126 Å². The van der Waals surface area contributed by atoms with Gasteiger partial charge in [0.1, 0.15) is 5.00 Å². The molecule has 2 amide bonds. The normalized spacial score (nSPS) is 28.5. The van der Waals surface area contributed by atoms with Gasteiger partial charge in [-0.05, 0) is 30.2 Å². The number of aliphatic hydroxyl groups is 1. The fourth-order valence-electron chi connectivity index (χ4n) is 3.43. The minimum absolute atomic E-state index is 0.144. The Morgan fingerprint density at radius 1 is 1.43 bits per heavy atom. The molecule has 114 valence electrons. The molecular weight excluding hydrogens is 290 g/mol. The molecule has 0 aromatic carbocycles. The first-order valence-corrected chi connectivity index (χ1v) is 8.00. The zero-order chi connectivity index (χ0) is 15.0. The average molecular weight is 309 g/mol. The zero-order valence-corrected chi connectivity index (χ0v) is 12.4. The van der Waals surface area contributed by atoms with Crippen molar-refractivity contribution < 1.29 is 14.7 Å². The Bertz CT molecular complexity index is 559. The van der Waals surface area contributed by atoms with Gasteiger partial charge in [-0.3, -0.25) is 14.5 Å². The summed E-state index contributed by atoms with van der Waals surface area (Å²) in [5, 5.41) is 14.9. The van der Waals surface area contributed by atoms with Crippen molar-refractivity contribution in [3.63, 3.8) is 0 Å². The monoisotopic (exact) mass is 309 g/mol. The first-order chi connectivity index (χ1) is 10.0. The molecule has 0 spiro atoms. The summed E-state index contributed by atoms with van der Waals surface area (Å²) in [6.45, 7) is 1.92. The molecule has 0 radical (unpaired) electrons. The van der Waals surface area contributed by atoms with Gasteiger partial charge in [0, 0.05) is 19.0 Å². The molecule has 2 heterocycles. The van der Waals surface area contributed by atoms with E-state index in [9.17, 15) is 14.7 Å². The number of amides is 2. The molecule has 2 aliphatic rings. The van der Waals surface area contributed by atoms with Gasteiger partial charge in [0.2, 0.25) is 5.91 Å². The minimum atomic E-state index is -0.537. The Hall–Kier alpha value is -1.44. The first-order valence-electron chi connectivity index (χ1n) is 7.12. The van der Waals surface area contributed by atoms with E-state index in [-0.39, 0.29) is 18.6 Å². The third-order valence-corrected chi connectivity index (χ3v) is 5.28. The number of carbonyl (C=O) groups is 2. The molecule has 2 fully saturated rings. The molecule has 3 unspecified atom stereocenters. The SMILES string of the molecule is NC(=O)c1ccsc1NC(=O)CN1CC2CCC(O)C2C1. The predicted octanol–water partition coefficient (Wildman–Crippen LogP) is 0.488. The smallest absolute Gasteiger partial charge is 0.251 e. The van der Waals surface area contributed by atoms with Crippen LogP contribution in [0, 0.1) is 11.8 Å². The number of hydrogen-bond acceptors (Lipinski definition) is 5. The van der Waals surface area contributed by atoms with E-state index in [4.69, 9.17) is 5.73 Å². The van der Waals surface area contributed by atoms with Gasteiger partial charge in [-0.2, -0.15) is 0 Å². The van der Waals surface area contributed by atoms with Crippen molar-refractivity contribution in [1.29, 1.82) is 0 Å². The minimum Gasteiger partial charge on any atom is -0.393 e. The molecule has 3 atom stereocenters. The number of aliphatic hydroxyl groups excluding tert-OH is 1. The van der Waals surface area contributed by atoms with E-state index >= 15 is 0 Å². The summed E-state index contributed by atoms with van der Waals surface area (Å²) < 4.78 is 0. The number of hydrogen-bond donors (Lipinski definition) is 3. The Kier molecular flexibility index (Phi) is 3.97. The molecule has 1 aromatic heterocycles. The molecule has 1 saturated carbocycles. The van der Waals surface area contributed by atoms with Crippen molar-refractivity contribution in [3.05, 3.63) is 17.0 Å². The fourth-order valence-corrected chi connectivity index (χ4v) is 4.24. The summed E-state index contributed by atoms with van der Waals surface area (Å²) in [6, 6.07) is 1.61. The lowest BCUT2D eigenvalue weighted by Gasteiger charge is -2.17. The van der Waals surface area contributed by atoms with Crippen LogP contribution in [0.2, 0.25) is 0 Å². The highest BCUT2D eigenvalue weighted by Gasteiger charge is 2.42. The lowest BCUT2D eigenvalue weighted by atomic mass is 10.00. The maximum atomic E-state index is 12.1. The number of fused-ring (bicyclic) bond motifs is 1. The Morgan fingerprint density at radius 2 is 2.24 bits per heavy atom. The second-order valence-electron chi connectivity index (χ2n) is 5.84. The van der Waals surface area contributed by atoms with Crippen LogP contribution in [0.4, 0.5) is 5.00 Å². The number of likely N-dealkylation sites (tertiary alicyclic amines) is 1. The highest BCUT2D eigenvalue weighted by molar-refractivity contribution is 7.14. The van der Waals surface area contributed by atoms with E-state index in [1.54, 1.807) is 11.4 Å². The number of primary amides is 1. The highest BCUT2D eigenvalue weighted by atomic mass is 32.1. The molecule has 1 aliphatic carbocycles. The van der Waals surface area contributed by atoms with Crippen molar-refractivity contribution in [1.82, 2.24) is 4.90 Å². The number of rotatable bonds is 4. The van der Waals surface area contributed by atoms with Crippen LogP contribution in [0.1, 0.15) is 23.2 Å².